The molecule has 8 nitrogen and oxygen atoms in total. The number of para-hydroxylation sites is 2. The van der Waals surface area contributed by atoms with Crippen LogP contribution in [0.2, 0.25) is 0 Å². The molecule has 0 bridgehead atoms. The van der Waals surface area contributed by atoms with E-state index in [-0.39, 0.29) is 18.9 Å². The first-order valence-electron chi connectivity index (χ1n) is 7.89. The maximum atomic E-state index is 12.1. The van der Waals surface area contributed by atoms with Gasteiger partial charge in [-0.2, -0.15) is 5.10 Å². The standard InChI is InChI=1S/C18H17N3O5/c22-13-5-3-4-12(8-13)9-20-21-17(23)10-19-18(24)16-11-25-14-6-1-2-7-15(14)26-16/h1-9,16,22H,10-11H2,(H,19,24)(H,21,23)/b20-9-/t16-/m1/s1. The molecule has 1 heterocycles. The third-order valence-corrected chi connectivity index (χ3v) is 3.50. The van der Waals surface area contributed by atoms with Crippen molar-refractivity contribution in [3.8, 4) is 17.2 Å². The van der Waals surface area contributed by atoms with Crippen LogP contribution in [-0.4, -0.2) is 42.4 Å². The van der Waals surface area contributed by atoms with Gasteiger partial charge in [0.2, 0.25) is 6.10 Å². The average Bonchev–Trinajstić information content (AvgIpc) is 2.66. The van der Waals surface area contributed by atoms with E-state index >= 15 is 0 Å². The molecule has 0 fully saturated rings. The normalized spacial score (nSPS) is 15.5. The fourth-order valence-corrected chi connectivity index (χ4v) is 2.25. The van der Waals surface area contributed by atoms with E-state index in [2.05, 4.69) is 15.8 Å². The van der Waals surface area contributed by atoms with Gasteiger partial charge in [-0.1, -0.05) is 24.3 Å². The Balaban J connectivity index is 1.44. The van der Waals surface area contributed by atoms with Crippen molar-refractivity contribution in [2.45, 2.75) is 6.10 Å². The summed E-state index contributed by atoms with van der Waals surface area (Å²) in [6.45, 7) is -0.183. The number of amides is 2. The molecule has 1 aliphatic heterocycles. The first kappa shape index (κ1) is 17.3. The van der Waals surface area contributed by atoms with Crippen molar-refractivity contribution < 1.29 is 24.2 Å². The van der Waals surface area contributed by atoms with Gasteiger partial charge in [0.1, 0.15) is 12.4 Å². The molecule has 1 atom stereocenters. The monoisotopic (exact) mass is 355 g/mol. The zero-order valence-electron chi connectivity index (χ0n) is 13.7. The van der Waals surface area contributed by atoms with Gasteiger partial charge in [-0.25, -0.2) is 5.43 Å². The predicted octanol–water partition coefficient (Wildman–Crippen LogP) is 0.798. The molecule has 2 aromatic carbocycles. The molecule has 0 saturated heterocycles. The van der Waals surface area contributed by atoms with Gasteiger partial charge in [0.25, 0.3) is 11.8 Å². The minimum Gasteiger partial charge on any atom is -0.508 e. The van der Waals surface area contributed by atoms with Gasteiger partial charge in [-0.05, 0) is 29.8 Å². The number of aromatic hydroxyl groups is 1. The zero-order valence-corrected chi connectivity index (χ0v) is 13.7. The average molecular weight is 355 g/mol. The van der Waals surface area contributed by atoms with Crippen molar-refractivity contribution in [3.63, 3.8) is 0 Å². The molecule has 2 aromatic rings. The van der Waals surface area contributed by atoms with Crippen LogP contribution in [0.3, 0.4) is 0 Å². The van der Waals surface area contributed by atoms with Gasteiger partial charge in [-0.3, -0.25) is 9.59 Å². The lowest BCUT2D eigenvalue weighted by Crippen LogP contribution is -2.46. The molecule has 0 aliphatic carbocycles. The second-order valence-corrected chi connectivity index (χ2v) is 5.47. The van der Waals surface area contributed by atoms with E-state index in [4.69, 9.17) is 9.47 Å². The molecule has 26 heavy (non-hydrogen) atoms. The maximum Gasteiger partial charge on any atom is 0.265 e. The largest absolute Gasteiger partial charge is 0.508 e. The third kappa shape index (κ3) is 4.50. The quantitative estimate of drug-likeness (QED) is 0.543. The van der Waals surface area contributed by atoms with Crippen molar-refractivity contribution >= 4 is 18.0 Å². The van der Waals surface area contributed by atoms with E-state index in [1.807, 2.05) is 6.07 Å². The molecule has 3 N–H and O–H groups in total. The first-order valence-corrected chi connectivity index (χ1v) is 7.89. The second kappa shape index (κ2) is 8.02. The smallest absolute Gasteiger partial charge is 0.265 e. The van der Waals surface area contributed by atoms with E-state index in [1.165, 1.54) is 18.3 Å². The maximum absolute atomic E-state index is 12.1. The minimum atomic E-state index is -0.825. The number of phenols is 1. The number of phenolic OH excluding ortho intramolecular Hbond substituents is 1. The summed E-state index contributed by atoms with van der Waals surface area (Å²) in [6.07, 6.45) is 0.558. The lowest BCUT2D eigenvalue weighted by atomic mass is 10.2. The summed E-state index contributed by atoms with van der Waals surface area (Å²) < 4.78 is 11.0. The fraction of sp³-hybridized carbons (Fsp3) is 0.167. The lowest BCUT2D eigenvalue weighted by molar-refractivity contribution is -0.132. The number of rotatable bonds is 5. The molecule has 1 aliphatic rings. The SMILES string of the molecule is O=C(CNC(=O)[C@H]1COc2ccccc2O1)N/N=C\c1cccc(O)c1. The number of ether oxygens (including phenoxy) is 2. The van der Waals surface area contributed by atoms with E-state index in [0.717, 1.165) is 0 Å². The molecule has 134 valence electrons. The predicted molar refractivity (Wildman–Crippen MR) is 93.2 cm³/mol. The molecule has 0 saturated carbocycles. The molecule has 8 heteroatoms. The van der Waals surface area contributed by atoms with E-state index in [9.17, 15) is 14.7 Å². The van der Waals surface area contributed by atoms with Gasteiger partial charge in [0, 0.05) is 0 Å². The highest BCUT2D eigenvalue weighted by Gasteiger charge is 2.27. The van der Waals surface area contributed by atoms with Crippen LogP contribution in [0, 0.1) is 0 Å². The Hall–Kier alpha value is -3.55. The third-order valence-electron chi connectivity index (χ3n) is 3.50. The number of carbonyl (C=O) groups excluding carboxylic acids is 2. The highest BCUT2D eigenvalue weighted by atomic mass is 16.6. The van der Waals surface area contributed by atoms with Gasteiger partial charge in [0.15, 0.2) is 11.5 Å². The van der Waals surface area contributed by atoms with Crippen LogP contribution < -0.4 is 20.2 Å². The number of carbonyl (C=O) groups is 2. The molecular weight excluding hydrogens is 338 g/mol. The Bertz CT molecular complexity index is 837. The summed E-state index contributed by atoms with van der Waals surface area (Å²) in [5.41, 5.74) is 2.91. The second-order valence-electron chi connectivity index (χ2n) is 5.47. The number of nitrogens with one attached hydrogen (secondary N) is 2. The van der Waals surface area contributed by atoms with Crippen LogP contribution in [0.4, 0.5) is 0 Å². The Morgan fingerprint density at radius 3 is 2.81 bits per heavy atom. The number of hydrogen-bond acceptors (Lipinski definition) is 6. The summed E-state index contributed by atoms with van der Waals surface area (Å²) in [5, 5.41) is 15.6. The van der Waals surface area contributed by atoms with Crippen LogP contribution in [0.1, 0.15) is 5.56 Å². The summed E-state index contributed by atoms with van der Waals surface area (Å²) >= 11 is 0. The van der Waals surface area contributed by atoms with Crippen molar-refractivity contribution in [3.05, 3.63) is 54.1 Å². The molecule has 3 rings (SSSR count). The van der Waals surface area contributed by atoms with E-state index in [1.54, 1.807) is 30.3 Å². The number of nitrogens with zero attached hydrogens (tertiary/aromatic N) is 1. The van der Waals surface area contributed by atoms with Crippen LogP contribution >= 0.6 is 0 Å². The van der Waals surface area contributed by atoms with Gasteiger partial charge >= 0.3 is 0 Å². The van der Waals surface area contributed by atoms with E-state index < -0.39 is 17.9 Å². The number of benzene rings is 2. The van der Waals surface area contributed by atoms with Crippen molar-refractivity contribution in [2.75, 3.05) is 13.2 Å². The van der Waals surface area contributed by atoms with Gasteiger partial charge in [-0.15, -0.1) is 0 Å². The van der Waals surface area contributed by atoms with Crippen LogP contribution in [0.5, 0.6) is 17.2 Å². The Morgan fingerprint density at radius 2 is 2.00 bits per heavy atom. The first-order chi connectivity index (χ1) is 12.6. The topological polar surface area (TPSA) is 109 Å². The molecular formula is C18H17N3O5. The molecule has 2 amide bonds. The summed E-state index contributed by atoms with van der Waals surface area (Å²) in [6, 6.07) is 13.4. The summed E-state index contributed by atoms with van der Waals surface area (Å²) in [5.74, 6) is 0.219. The number of hydrogen-bond donors (Lipinski definition) is 3. The molecule has 0 unspecified atom stereocenters. The summed E-state index contributed by atoms with van der Waals surface area (Å²) in [4.78, 5) is 23.8. The summed E-state index contributed by atoms with van der Waals surface area (Å²) in [7, 11) is 0. The molecule has 0 spiro atoms. The van der Waals surface area contributed by atoms with Crippen LogP contribution in [0.25, 0.3) is 0 Å². The molecule has 0 aromatic heterocycles. The Labute approximate surface area is 149 Å². The van der Waals surface area contributed by atoms with Crippen molar-refractivity contribution in [2.24, 2.45) is 5.10 Å². The minimum absolute atomic E-state index is 0.0696. The fourth-order valence-electron chi connectivity index (χ4n) is 2.25. The van der Waals surface area contributed by atoms with E-state index in [0.29, 0.717) is 17.1 Å². The lowest BCUT2D eigenvalue weighted by Gasteiger charge is -2.25. The Morgan fingerprint density at radius 1 is 1.19 bits per heavy atom. The van der Waals surface area contributed by atoms with Crippen LogP contribution in [-0.2, 0) is 9.59 Å². The number of fused-ring (bicyclic) bond motifs is 1. The highest BCUT2D eigenvalue weighted by molar-refractivity contribution is 5.88. The Kier molecular flexibility index (Phi) is 5.33. The van der Waals surface area contributed by atoms with Crippen LogP contribution in [0.15, 0.2) is 53.6 Å². The number of hydrazone groups is 1. The van der Waals surface area contributed by atoms with Gasteiger partial charge < -0.3 is 19.9 Å². The highest BCUT2D eigenvalue weighted by Crippen LogP contribution is 2.30. The molecule has 0 radical (unpaired) electrons. The van der Waals surface area contributed by atoms with Crippen molar-refractivity contribution in [1.29, 1.82) is 0 Å². The zero-order chi connectivity index (χ0) is 18.4. The van der Waals surface area contributed by atoms with Gasteiger partial charge in [0.05, 0.1) is 12.8 Å². The van der Waals surface area contributed by atoms with Crippen molar-refractivity contribution in [1.82, 2.24) is 10.7 Å².